The molecule has 0 radical (unpaired) electrons. The van der Waals surface area contributed by atoms with Crippen LogP contribution in [0, 0.1) is 23.2 Å². The van der Waals surface area contributed by atoms with E-state index in [1.54, 1.807) is 24.3 Å². The van der Waals surface area contributed by atoms with Crippen molar-refractivity contribution in [3.8, 4) is 5.75 Å². The summed E-state index contributed by atoms with van der Waals surface area (Å²) >= 11 is 0. The highest BCUT2D eigenvalue weighted by Crippen LogP contribution is 2.60. The fourth-order valence-corrected chi connectivity index (χ4v) is 6.07. The van der Waals surface area contributed by atoms with Crippen molar-refractivity contribution in [1.82, 2.24) is 5.32 Å². The third-order valence-electron chi connectivity index (χ3n) is 6.95. The van der Waals surface area contributed by atoms with Crippen LogP contribution in [-0.4, -0.2) is 37.5 Å². The first-order valence-electron chi connectivity index (χ1n) is 11.4. The summed E-state index contributed by atoms with van der Waals surface area (Å²) in [6.07, 6.45) is 6.93. The van der Waals surface area contributed by atoms with Gasteiger partial charge in [-0.1, -0.05) is 0 Å². The van der Waals surface area contributed by atoms with Crippen molar-refractivity contribution >= 4 is 23.5 Å². The zero-order valence-electron chi connectivity index (χ0n) is 18.2. The maximum atomic E-state index is 12.9. The molecule has 0 atom stereocenters. The van der Waals surface area contributed by atoms with Gasteiger partial charge in [0.1, 0.15) is 5.75 Å². The van der Waals surface area contributed by atoms with Gasteiger partial charge in [0.25, 0.3) is 5.91 Å². The smallest absolute Gasteiger partial charge is 0.308 e. The van der Waals surface area contributed by atoms with E-state index in [1.165, 1.54) is 19.3 Å². The average Bonchev–Trinajstić information content (AvgIpc) is 2.73. The number of ether oxygens (including phenoxy) is 2. The van der Waals surface area contributed by atoms with Gasteiger partial charge in [-0.15, -0.1) is 0 Å². The molecule has 4 aliphatic carbocycles. The van der Waals surface area contributed by atoms with E-state index in [0.29, 0.717) is 30.0 Å². The largest absolute Gasteiger partial charge is 0.494 e. The molecule has 2 amide bonds. The molecule has 2 N–H and O–H groups in total. The van der Waals surface area contributed by atoms with Crippen LogP contribution in [0.25, 0.3) is 0 Å². The van der Waals surface area contributed by atoms with E-state index in [9.17, 15) is 14.4 Å². The molecule has 7 heteroatoms. The number of amides is 2. The van der Waals surface area contributed by atoms with Crippen molar-refractivity contribution in [3.63, 3.8) is 0 Å². The number of hydrogen-bond donors (Lipinski definition) is 2. The fraction of sp³-hybridized carbons (Fsp3) is 0.625. The Morgan fingerprint density at radius 3 is 2.19 bits per heavy atom. The minimum Gasteiger partial charge on any atom is -0.494 e. The van der Waals surface area contributed by atoms with Crippen LogP contribution in [0.3, 0.4) is 0 Å². The summed E-state index contributed by atoms with van der Waals surface area (Å²) in [5.41, 5.74) is 0.392. The molecule has 4 bridgehead atoms. The predicted molar refractivity (Wildman–Crippen MR) is 115 cm³/mol. The van der Waals surface area contributed by atoms with E-state index < -0.39 is 11.9 Å². The number of hydrogen-bond acceptors (Lipinski definition) is 5. The van der Waals surface area contributed by atoms with Gasteiger partial charge in [0, 0.05) is 17.6 Å². The molecule has 31 heavy (non-hydrogen) atoms. The number of carbonyl (C=O) groups excluding carboxylic acids is 3. The first-order valence-corrected chi connectivity index (χ1v) is 11.4. The lowest BCUT2D eigenvalue weighted by Crippen LogP contribution is -2.53. The van der Waals surface area contributed by atoms with Crippen molar-refractivity contribution in [3.05, 3.63) is 24.3 Å². The summed E-state index contributed by atoms with van der Waals surface area (Å²) < 4.78 is 10.4. The maximum absolute atomic E-state index is 12.9. The molecular weight excluding hydrogens is 396 g/mol. The van der Waals surface area contributed by atoms with Crippen LogP contribution >= 0.6 is 0 Å². The number of carbonyl (C=O) groups is 3. The Morgan fingerprint density at radius 2 is 1.61 bits per heavy atom. The highest BCUT2D eigenvalue weighted by molar-refractivity contribution is 5.92. The van der Waals surface area contributed by atoms with Gasteiger partial charge in [0.15, 0.2) is 6.61 Å². The molecule has 0 saturated heterocycles. The van der Waals surface area contributed by atoms with Crippen LogP contribution in [0.2, 0.25) is 0 Å². The molecule has 0 spiro atoms. The van der Waals surface area contributed by atoms with Crippen LogP contribution < -0.4 is 15.4 Å². The molecule has 168 valence electrons. The Hall–Kier alpha value is -2.57. The van der Waals surface area contributed by atoms with E-state index in [2.05, 4.69) is 10.6 Å². The normalized spacial score (nSPS) is 28.1. The van der Waals surface area contributed by atoms with Crippen LogP contribution in [0.4, 0.5) is 5.69 Å². The molecule has 4 fully saturated rings. The number of esters is 1. The lowest BCUT2D eigenvalue weighted by atomic mass is 9.49. The highest BCUT2D eigenvalue weighted by Gasteiger charge is 2.54. The second kappa shape index (κ2) is 9.28. The molecule has 7 nitrogen and oxygen atoms in total. The van der Waals surface area contributed by atoms with Gasteiger partial charge in [-0.05, 0) is 87.5 Å². The van der Waals surface area contributed by atoms with Crippen molar-refractivity contribution in [2.45, 2.75) is 51.9 Å². The SMILES string of the molecule is CCOc1ccc(NC(=O)COC(=O)CCNC(=O)C23CC4CC(CC(C4)C2)C3)cc1. The number of benzene rings is 1. The van der Waals surface area contributed by atoms with E-state index in [4.69, 9.17) is 9.47 Å². The van der Waals surface area contributed by atoms with Gasteiger partial charge in [-0.25, -0.2) is 0 Å². The van der Waals surface area contributed by atoms with Gasteiger partial charge < -0.3 is 20.1 Å². The third-order valence-corrected chi connectivity index (χ3v) is 6.95. The lowest BCUT2D eigenvalue weighted by Gasteiger charge is -2.55. The van der Waals surface area contributed by atoms with Crippen molar-refractivity contribution < 1.29 is 23.9 Å². The van der Waals surface area contributed by atoms with Crippen molar-refractivity contribution in [2.75, 3.05) is 25.1 Å². The van der Waals surface area contributed by atoms with Crippen LogP contribution in [0.1, 0.15) is 51.9 Å². The zero-order chi connectivity index (χ0) is 21.8. The number of rotatable bonds is 9. The van der Waals surface area contributed by atoms with Gasteiger partial charge in [-0.2, -0.15) is 0 Å². The van der Waals surface area contributed by atoms with Crippen LogP contribution in [0.15, 0.2) is 24.3 Å². The Labute approximate surface area is 183 Å². The summed E-state index contributed by atoms with van der Waals surface area (Å²) in [7, 11) is 0. The quantitative estimate of drug-likeness (QED) is 0.589. The van der Waals surface area contributed by atoms with Gasteiger partial charge in [-0.3, -0.25) is 14.4 Å². The third kappa shape index (κ3) is 5.20. The Bertz CT molecular complexity index is 784. The maximum Gasteiger partial charge on any atom is 0.308 e. The Balaban J connectivity index is 1.14. The molecule has 5 rings (SSSR count). The molecule has 0 heterocycles. The predicted octanol–water partition coefficient (Wildman–Crippen LogP) is 3.29. The first-order chi connectivity index (χ1) is 15.0. The molecule has 1 aromatic rings. The second-order valence-electron chi connectivity index (χ2n) is 9.37. The van der Waals surface area contributed by atoms with Crippen molar-refractivity contribution in [2.24, 2.45) is 23.2 Å². The monoisotopic (exact) mass is 428 g/mol. The van der Waals surface area contributed by atoms with E-state index >= 15 is 0 Å². The molecule has 1 aromatic carbocycles. The highest BCUT2D eigenvalue weighted by atomic mass is 16.5. The second-order valence-corrected chi connectivity index (χ2v) is 9.37. The van der Waals surface area contributed by atoms with Gasteiger partial charge in [0.05, 0.1) is 13.0 Å². The summed E-state index contributed by atoms with van der Waals surface area (Å²) in [5, 5.41) is 5.64. The van der Waals surface area contributed by atoms with Crippen LogP contribution in [-0.2, 0) is 19.1 Å². The molecule has 0 unspecified atom stereocenters. The zero-order valence-corrected chi connectivity index (χ0v) is 18.2. The van der Waals surface area contributed by atoms with E-state index in [1.807, 2.05) is 6.92 Å². The topological polar surface area (TPSA) is 93.7 Å². The Kier molecular flexibility index (Phi) is 6.49. The molecule has 4 saturated carbocycles. The van der Waals surface area contributed by atoms with Gasteiger partial charge >= 0.3 is 5.97 Å². The number of nitrogens with one attached hydrogen (secondary N) is 2. The van der Waals surface area contributed by atoms with Gasteiger partial charge in [0.2, 0.25) is 5.91 Å². The minimum atomic E-state index is -0.493. The lowest BCUT2D eigenvalue weighted by molar-refractivity contribution is -0.148. The Morgan fingerprint density at radius 1 is 1.00 bits per heavy atom. The standard InChI is InChI=1S/C24H32N2O5/c1-2-30-20-5-3-19(4-6-20)26-21(27)15-31-22(28)7-8-25-23(29)24-12-16-9-17(13-24)11-18(10-16)14-24/h3-6,16-18H,2,7-15H2,1H3,(H,25,29)(H,26,27). The van der Waals surface area contributed by atoms with Crippen LogP contribution in [0.5, 0.6) is 5.75 Å². The number of anilines is 1. The van der Waals surface area contributed by atoms with Crippen molar-refractivity contribution in [1.29, 1.82) is 0 Å². The fourth-order valence-electron chi connectivity index (χ4n) is 6.07. The summed E-state index contributed by atoms with van der Waals surface area (Å²) in [6.45, 7) is 2.37. The molecular formula is C24H32N2O5. The van der Waals surface area contributed by atoms with E-state index in [0.717, 1.165) is 25.0 Å². The molecule has 0 aliphatic heterocycles. The van der Waals surface area contributed by atoms with E-state index in [-0.39, 0.29) is 30.9 Å². The molecule has 0 aromatic heterocycles. The summed E-state index contributed by atoms with van der Waals surface area (Å²) in [6, 6.07) is 6.98. The first kappa shape index (κ1) is 21.7. The summed E-state index contributed by atoms with van der Waals surface area (Å²) in [5.74, 6) is 2.04. The minimum absolute atomic E-state index is 0.0639. The summed E-state index contributed by atoms with van der Waals surface area (Å²) in [4.78, 5) is 36.8. The average molecular weight is 429 g/mol. The molecule has 4 aliphatic rings.